The van der Waals surface area contributed by atoms with Gasteiger partial charge in [-0.2, -0.15) is 0 Å². The van der Waals surface area contributed by atoms with Gasteiger partial charge in [-0.15, -0.1) is 0 Å². The molecule has 0 aromatic rings. The first kappa shape index (κ1) is 36.4. The van der Waals surface area contributed by atoms with E-state index in [1.54, 1.807) is 0 Å². The van der Waals surface area contributed by atoms with Crippen LogP contribution in [0.3, 0.4) is 0 Å². The van der Waals surface area contributed by atoms with E-state index < -0.39 is 10.4 Å². The van der Waals surface area contributed by atoms with Gasteiger partial charge >= 0.3 is 51.4 Å². The SMILES string of the molecule is CCCCCCCCCCC/C=C/C(CCCCCCCCCCCC)COS(=O)(=O)[O-].[K+]. The standard InChI is InChI=1S/C27H54O4S.K/c1-3-5-7-9-11-13-15-17-19-21-23-25-27(26-31-32(28,29)30)24-22-20-18-16-14-12-10-8-6-4-2;/h23,25,27H,3-22,24,26H2,1-2H3,(H,28,29,30);/q;+1/p-1/b25-23+;. The van der Waals surface area contributed by atoms with E-state index >= 15 is 0 Å². The molecular weight excluding hydrogens is 459 g/mol. The molecule has 0 N–H and O–H groups in total. The van der Waals surface area contributed by atoms with Crippen molar-refractivity contribution in [3.8, 4) is 0 Å². The molecule has 4 nitrogen and oxygen atoms in total. The summed E-state index contributed by atoms with van der Waals surface area (Å²) in [6, 6.07) is 0. The van der Waals surface area contributed by atoms with Gasteiger partial charge in [0.25, 0.3) is 0 Å². The van der Waals surface area contributed by atoms with Crippen LogP contribution in [0.1, 0.15) is 149 Å². The van der Waals surface area contributed by atoms with Gasteiger partial charge in [-0.1, -0.05) is 142 Å². The van der Waals surface area contributed by atoms with Crippen molar-refractivity contribution < 1.29 is 68.5 Å². The topological polar surface area (TPSA) is 66.4 Å². The molecule has 0 aliphatic carbocycles. The van der Waals surface area contributed by atoms with E-state index in [1.165, 1.54) is 116 Å². The van der Waals surface area contributed by atoms with Crippen LogP contribution in [-0.2, 0) is 14.6 Å². The van der Waals surface area contributed by atoms with Gasteiger partial charge in [0.05, 0.1) is 6.61 Å². The van der Waals surface area contributed by atoms with Crippen molar-refractivity contribution in [2.45, 2.75) is 149 Å². The summed E-state index contributed by atoms with van der Waals surface area (Å²) < 4.78 is 37.1. The predicted molar refractivity (Wildman–Crippen MR) is 137 cm³/mol. The summed E-state index contributed by atoms with van der Waals surface area (Å²) in [7, 11) is -4.61. The summed E-state index contributed by atoms with van der Waals surface area (Å²) in [4.78, 5) is 0. The zero-order valence-corrected chi connectivity index (χ0v) is 26.3. The third-order valence-corrected chi connectivity index (χ3v) is 6.66. The van der Waals surface area contributed by atoms with E-state index in [0.29, 0.717) is 0 Å². The molecule has 0 aromatic carbocycles. The van der Waals surface area contributed by atoms with E-state index in [0.717, 1.165) is 19.3 Å². The largest absolute Gasteiger partial charge is 1.00 e. The van der Waals surface area contributed by atoms with E-state index in [9.17, 15) is 13.0 Å². The van der Waals surface area contributed by atoms with Crippen LogP contribution in [0.4, 0.5) is 0 Å². The zero-order chi connectivity index (χ0) is 23.8. The molecule has 0 amide bonds. The fourth-order valence-electron chi connectivity index (χ4n) is 4.16. The fraction of sp³-hybridized carbons (Fsp3) is 0.926. The van der Waals surface area contributed by atoms with Gasteiger partial charge in [-0.25, -0.2) is 8.42 Å². The summed E-state index contributed by atoms with van der Waals surface area (Å²) in [5, 5.41) is 0. The van der Waals surface area contributed by atoms with Gasteiger partial charge in [0.1, 0.15) is 0 Å². The molecule has 192 valence electrons. The predicted octanol–water partition coefficient (Wildman–Crippen LogP) is 5.87. The molecular formula is C27H53KO4S. The van der Waals surface area contributed by atoms with Gasteiger partial charge in [-0.3, -0.25) is 4.18 Å². The number of rotatable bonds is 25. The van der Waals surface area contributed by atoms with Crippen molar-refractivity contribution >= 4 is 10.4 Å². The van der Waals surface area contributed by atoms with Crippen molar-refractivity contribution in [2.24, 2.45) is 5.92 Å². The average molecular weight is 513 g/mol. The Morgan fingerprint density at radius 1 is 0.667 bits per heavy atom. The summed E-state index contributed by atoms with van der Waals surface area (Å²) in [5.74, 6) is 0.0198. The van der Waals surface area contributed by atoms with Gasteiger partial charge < -0.3 is 4.55 Å². The van der Waals surface area contributed by atoms with E-state index in [4.69, 9.17) is 0 Å². The van der Waals surface area contributed by atoms with Crippen LogP contribution in [0.5, 0.6) is 0 Å². The van der Waals surface area contributed by atoms with Crippen LogP contribution in [0, 0.1) is 5.92 Å². The summed E-state index contributed by atoms with van der Waals surface area (Å²) >= 11 is 0. The van der Waals surface area contributed by atoms with E-state index in [2.05, 4.69) is 30.2 Å². The molecule has 6 heteroatoms. The van der Waals surface area contributed by atoms with Crippen molar-refractivity contribution in [2.75, 3.05) is 6.61 Å². The molecule has 0 bridgehead atoms. The second kappa shape index (κ2) is 27.8. The van der Waals surface area contributed by atoms with Crippen LogP contribution < -0.4 is 51.4 Å². The summed E-state index contributed by atoms with van der Waals surface area (Å²) in [6.45, 7) is 4.48. The first-order chi connectivity index (χ1) is 15.5. The maximum absolute atomic E-state index is 10.8. The quantitative estimate of drug-likeness (QED) is 0.0504. The normalized spacial score (nSPS) is 12.8. The van der Waals surface area contributed by atoms with Crippen LogP contribution >= 0.6 is 0 Å². The van der Waals surface area contributed by atoms with Crippen LogP contribution in [0.15, 0.2) is 12.2 Å². The number of allylic oxidation sites excluding steroid dienone is 1. The first-order valence-electron chi connectivity index (χ1n) is 13.8. The fourth-order valence-corrected chi connectivity index (χ4v) is 4.50. The Balaban J connectivity index is 0. The molecule has 0 saturated carbocycles. The van der Waals surface area contributed by atoms with E-state index in [-0.39, 0.29) is 63.9 Å². The Bertz CT molecular complexity index is 508. The van der Waals surface area contributed by atoms with Gasteiger partial charge in [0.2, 0.25) is 10.4 Å². The minimum absolute atomic E-state index is 0. The van der Waals surface area contributed by atoms with Crippen LogP contribution in [0.2, 0.25) is 0 Å². The molecule has 1 unspecified atom stereocenters. The molecule has 0 fully saturated rings. The average Bonchev–Trinajstić information content (AvgIpc) is 2.75. The molecule has 1 atom stereocenters. The maximum Gasteiger partial charge on any atom is 1.00 e. The molecule has 33 heavy (non-hydrogen) atoms. The van der Waals surface area contributed by atoms with Crippen LogP contribution in [-0.4, -0.2) is 19.6 Å². The monoisotopic (exact) mass is 512 g/mol. The third-order valence-electron chi connectivity index (χ3n) is 6.24. The van der Waals surface area contributed by atoms with Crippen molar-refractivity contribution in [1.82, 2.24) is 0 Å². The molecule has 0 radical (unpaired) electrons. The molecule has 0 saturated heterocycles. The molecule has 0 aliphatic rings. The van der Waals surface area contributed by atoms with Gasteiger partial charge in [-0.05, 0) is 19.3 Å². The molecule has 0 aromatic heterocycles. The Kier molecular flexibility index (Phi) is 30.7. The minimum Gasteiger partial charge on any atom is -0.726 e. The Morgan fingerprint density at radius 2 is 1.06 bits per heavy atom. The van der Waals surface area contributed by atoms with E-state index in [1.807, 2.05) is 0 Å². The van der Waals surface area contributed by atoms with Crippen molar-refractivity contribution in [1.29, 1.82) is 0 Å². The van der Waals surface area contributed by atoms with Gasteiger partial charge in [0.15, 0.2) is 0 Å². The maximum atomic E-state index is 10.8. The zero-order valence-electron chi connectivity index (χ0n) is 22.3. The number of hydrogen-bond donors (Lipinski definition) is 0. The van der Waals surface area contributed by atoms with Gasteiger partial charge in [0, 0.05) is 5.92 Å². The molecule has 0 spiro atoms. The Morgan fingerprint density at radius 3 is 1.48 bits per heavy atom. The van der Waals surface area contributed by atoms with Crippen molar-refractivity contribution in [3.05, 3.63) is 12.2 Å². The molecule has 0 rings (SSSR count). The number of hydrogen-bond acceptors (Lipinski definition) is 4. The second-order valence-electron chi connectivity index (χ2n) is 9.47. The smallest absolute Gasteiger partial charge is 0.726 e. The molecule has 0 aliphatic heterocycles. The Labute approximate surface area is 249 Å². The summed E-state index contributed by atoms with van der Waals surface area (Å²) in [5.41, 5.74) is 0. The first-order valence-corrected chi connectivity index (χ1v) is 15.1. The number of unbranched alkanes of at least 4 members (excludes halogenated alkanes) is 18. The summed E-state index contributed by atoms with van der Waals surface area (Å²) in [6.07, 6.45) is 30.8. The van der Waals surface area contributed by atoms with Crippen LogP contribution in [0.25, 0.3) is 0 Å². The minimum atomic E-state index is -4.61. The van der Waals surface area contributed by atoms with Crippen molar-refractivity contribution in [3.63, 3.8) is 0 Å². The molecule has 0 heterocycles. The third kappa shape index (κ3) is 31.2. The second-order valence-corrected chi connectivity index (χ2v) is 10.5. The Hall–Kier alpha value is 1.25.